The Morgan fingerprint density at radius 2 is 1.64 bits per heavy atom. The van der Waals surface area contributed by atoms with Gasteiger partial charge in [0.1, 0.15) is 6.04 Å². The van der Waals surface area contributed by atoms with Crippen molar-refractivity contribution in [1.82, 2.24) is 4.90 Å². The van der Waals surface area contributed by atoms with Crippen LogP contribution in [0.1, 0.15) is 50.1 Å². The molecule has 1 aliphatic carbocycles. The predicted molar refractivity (Wildman–Crippen MR) is 86.3 cm³/mol. The van der Waals surface area contributed by atoms with E-state index < -0.39 is 6.04 Å². The van der Waals surface area contributed by atoms with Gasteiger partial charge in [0.25, 0.3) is 0 Å². The standard InChI is InChI=1S/C18H26N2O2/c19-17(14-6-2-1-3-7-14)18(21)20-12-10-16(11-13-20)22-15-8-4-5-9-15/h1-3,6-7,15-17H,4-5,8-13,19H2/t17-/m0/s1. The summed E-state index contributed by atoms with van der Waals surface area (Å²) >= 11 is 0. The maximum absolute atomic E-state index is 12.5. The van der Waals surface area contributed by atoms with Crippen molar-refractivity contribution in [2.45, 2.75) is 56.8 Å². The summed E-state index contributed by atoms with van der Waals surface area (Å²) in [6.45, 7) is 1.52. The van der Waals surface area contributed by atoms with Gasteiger partial charge in [-0.05, 0) is 31.2 Å². The smallest absolute Gasteiger partial charge is 0.244 e. The first-order chi connectivity index (χ1) is 10.7. The highest BCUT2D eigenvalue weighted by Crippen LogP contribution is 2.26. The van der Waals surface area contributed by atoms with E-state index in [2.05, 4.69) is 0 Å². The molecule has 0 bridgehead atoms. The van der Waals surface area contributed by atoms with Gasteiger partial charge in [0.05, 0.1) is 12.2 Å². The number of benzene rings is 1. The molecule has 2 aliphatic rings. The Morgan fingerprint density at radius 3 is 2.27 bits per heavy atom. The van der Waals surface area contributed by atoms with Gasteiger partial charge in [0.15, 0.2) is 0 Å². The first-order valence-electron chi connectivity index (χ1n) is 8.49. The van der Waals surface area contributed by atoms with E-state index in [0.29, 0.717) is 12.2 Å². The van der Waals surface area contributed by atoms with Gasteiger partial charge in [0.2, 0.25) is 5.91 Å². The molecule has 1 saturated carbocycles. The Kier molecular flexibility index (Phi) is 5.11. The molecule has 0 spiro atoms. The zero-order valence-electron chi connectivity index (χ0n) is 13.1. The average molecular weight is 302 g/mol. The van der Waals surface area contributed by atoms with Crippen LogP contribution >= 0.6 is 0 Å². The number of likely N-dealkylation sites (tertiary alicyclic amines) is 1. The second-order valence-electron chi connectivity index (χ2n) is 6.46. The lowest BCUT2D eigenvalue weighted by molar-refractivity contribution is -0.136. The molecule has 2 fully saturated rings. The third-order valence-corrected chi connectivity index (χ3v) is 4.87. The molecule has 1 heterocycles. The van der Waals surface area contributed by atoms with Gasteiger partial charge in [-0.2, -0.15) is 0 Å². The minimum atomic E-state index is -0.548. The number of hydrogen-bond acceptors (Lipinski definition) is 3. The molecular formula is C18H26N2O2. The molecule has 22 heavy (non-hydrogen) atoms. The lowest BCUT2D eigenvalue weighted by Crippen LogP contribution is -2.45. The summed E-state index contributed by atoms with van der Waals surface area (Å²) in [5, 5.41) is 0. The van der Waals surface area contributed by atoms with Gasteiger partial charge in [-0.3, -0.25) is 4.79 Å². The quantitative estimate of drug-likeness (QED) is 0.930. The second-order valence-corrected chi connectivity index (χ2v) is 6.46. The molecule has 1 aliphatic heterocycles. The average Bonchev–Trinajstić information content (AvgIpc) is 3.08. The van der Waals surface area contributed by atoms with Gasteiger partial charge in [-0.15, -0.1) is 0 Å². The number of carbonyl (C=O) groups is 1. The Balaban J connectivity index is 1.49. The molecule has 1 amide bonds. The third kappa shape index (κ3) is 3.68. The van der Waals surface area contributed by atoms with Crippen LogP contribution in [0.25, 0.3) is 0 Å². The molecule has 4 nitrogen and oxygen atoms in total. The molecular weight excluding hydrogens is 276 g/mol. The van der Waals surface area contributed by atoms with Crippen LogP contribution in [0.5, 0.6) is 0 Å². The van der Waals surface area contributed by atoms with Crippen molar-refractivity contribution in [2.24, 2.45) is 5.73 Å². The first-order valence-corrected chi connectivity index (χ1v) is 8.49. The fraction of sp³-hybridized carbons (Fsp3) is 0.611. The normalized spacial score (nSPS) is 22.0. The fourth-order valence-electron chi connectivity index (χ4n) is 3.51. The maximum atomic E-state index is 12.5. The molecule has 0 aromatic heterocycles. The van der Waals surface area contributed by atoms with Gasteiger partial charge in [-0.1, -0.05) is 43.2 Å². The number of hydrogen-bond donors (Lipinski definition) is 1. The first kappa shape index (κ1) is 15.5. The van der Waals surface area contributed by atoms with Crippen molar-refractivity contribution in [3.05, 3.63) is 35.9 Å². The molecule has 1 saturated heterocycles. The van der Waals surface area contributed by atoms with Crippen molar-refractivity contribution in [1.29, 1.82) is 0 Å². The highest BCUT2D eigenvalue weighted by molar-refractivity contribution is 5.83. The van der Waals surface area contributed by atoms with E-state index >= 15 is 0 Å². The maximum Gasteiger partial charge on any atom is 0.244 e. The van der Waals surface area contributed by atoms with Crippen molar-refractivity contribution in [3.63, 3.8) is 0 Å². The number of nitrogens with two attached hydrogens (primary N) is 1. The van der Waals surface area contributed by atoms with Crippen molar-refractivity contribution in [2.75, 3.05) is 13.1 Å². The van der Waals surface area contributed by atoms with Crippen LogP contribution in [-0.2, 0) is 9.53 Å². The van der Waals surface area contributed by atoms with E-state index in [1.54, 1.807) is 0 Å². The van der Waals surface area contributed by atoms with Gasteiger partial charge in [0, 0.05) is 13.1 Å². The Bertz CT molecular complexity index is 477. The number of amides is 1. The molecule has 1 atom stereocenters. The van der Waals surface area contributed by atoms with Crippen molar-refractivity contribution in [3.8, 4) is 0 Å². The second kappa shape index (κ2) is 7.25. The lowest BCUT2D eigenvalue weighted by Gasteiger charge is -2.34. The molecule has 120 valence electrons. The third-order valence-electron chi connectivity index (χ3n) is 4.87. The van der Waals surface area contributed by atoms with Crippen molar-refractivity contribution < 1.29 is 9.53 Å². The largest absolute Gasteiger partial charge is 0.375 e. The number of rotatable bonds is 4. The number of nitrogens with zero attached hydrogens (tertiary/aromatic N) is 1. The summed E-state index contributed by atoms with van der Waals surface area (Å²) in [5.74, 6) is 0.0329. The monoisotopic (exact) mass is 302 g/mol. The minimum absolute atomic E-state index is 0.0329. The van der Waals surface area contributed by atoms with Crippen LogP contribution in [0, 0.1) is 0 Å². The SMILES string of the molecule is N[C@H](C(=O)N1CCC(OC2CCCC2)CC1)c1ccccc1. The van der Waals surface area contributed by atoms with E-state index in [9.17, 15) is 4.79 Å². The summed E-state index contributed by atoms with van der Waals surface area (Å²) in [6, 6.07) is 9.06. The van der Waals surface area contributed by atoms with Gasteiger partial charge < -0.3 is 15.4 Å². The van der Waals surface area contributed by atoms with E-state index in [4.69, 9.17) is 10.5 Å². The zero-order valence-corrected chi connectivity index (χ0v) is 13.1. The number of carbonyl (C=O) groups excluding carboxylic acids is 1. The number of piperidine rings is 1. The highest BCUT2D eigenvalue weighted by Gasteiger charge is 2.29. The summed E-state index contributed by atoms with van der Waals surface area (Å²) in [7, 11) is 0. The Labute approximate surface area is 132 Å². The number of ether oxygens (including phenoxy) is 1. The molecule has 0 radical (unpaired) electrons. The molecule has 1 aromatic carbocycles. The zero-order chi connectivity index (χ0) is 15.4. The predicted octanol–water partition coefficient (Wildman–Crippen LogP) is 2.64. The molecule has 2 N–H and O–H groups in total. The van der Waals surface area contributed by atoms with Gasteiger partial charge in [-0.25, -0.2) is 0 Å². The van der Waals surface area contributed by atoms with Crippen molar-refractivity contribution >= 4 is 5.91 Å². The summed E-state index contributed by atoms with van der Waals surface area (Å²) in [6.07, 6.45) is 7.66. The molecule has 4 heteroatoms. The van der Waals surface area contributed by atoms with Crippen LogP contribution in [0.4, 0.5) is 0 Å². The summed E-state index contributed by atoms with van der Waals surface area (Å²) in [5.41, 5.74) is 7.00. The van der Waals surface area contributed by atoms with E-state index in [-0.39, 0.29) is 5.91 Å². The topological polar surface area (TPSA) is 55.6 Å². The summed E-state index contributed by atoms with van der Waals surface area (Å²) in [4.78, 5) is 14.4. The van der Waals surface area contributed by atoms with Crippen LogP contribution in [0.2, 0.25) is 0 Å². The van der Waals surface area contributed by atoms with Crippen LogP contribution in [0.3, 0.4) is 0 Å². The van der Waals surface area contributed by atoms with Crippen LogP contribution in [-0.4, -0.2) is 36.1 Å². The highest BCUT2D eigenvalue weighted by atomic mass is 16.5. The fourth-order valence-corrected chi connectivity index (χ4v) is 3.51. The van der Waals surface area contributed by atoms with E-state index in [0.717, 1.165) is 31.5 Å². The van der Waals surface area contributed by atoms with E-state index in [1.165, 1.54) is 25.7 Å². The Hall–Kier alpha value is -1.39. The van der Waals surface area contributed by atoms with Gasteiger partial charge >= 0.3 is 0 Å². The molecule has 3 rings (SSSR count). The van der Waals surface area contributed by atoms with Crippen LogP contribution < -0.4 is 5.73 Å². The molecule has 0 unspecified atom stereocenters. The lowest BCUT2D eigenvalue weighted by atomic mass is 10.0. The van der Waals surface area contributed by atoms with Crippen LogP contribution in [0.15, 0.2) is 30.3 Å². The summed E-state index contributed by atoms with van der Waals surface area (Å²) < 4.78 is 6.16. The van der Waals surface area contributed by atoms with E-state index in [1.807, 2.05) is 35.2 Å². The molecule has 1 aromatic rings. The minimum Gasteiger partial charge on any atom is -0.375 e. The Morgan fingerprint density at radius 1 is 1.05 bits per heavy atom.